The van der Waals surface area contributed by atoms with Gasteiger partial charge in [0.1, 0.15) is 0 Å². The first kappa shape index (κ1) is 20.1. The maximum Gasteiger partial charge on any atom is 0.252 e. The molecule has 28 heavy (non-hydrogen) atoms. The van der Waals surface area contributed by atoms with Crippen LogP contribution in [-0.4, -0.2) is 30.5 Å². The van der Waals surface area contributed by atoms with Crippen LogP contribution in [0.2, 0.25) is 0 Å². The van der Waals surface area contributed by atoms with Crippen molar-refractivity contribution >= 4 is 18.3 Å². The van der Waals surface area contributed by atoms with Crippen molar-refractivity contribution in [1.82, 2.24) is 15.6 Å². The number of rotatable bonds is 5. The molecule has 1 atom stereocenters. The fourth-order valence-corrected chi connectivity index (χ4v) is 3.43. The van der Waals surface area contributed by atoms with E-state index in [0.29, 0.717) is 35.2 Å². The lowest BCUT2D eigenvalue weighted by Gasteiger charge is -2.23. The highest BCUT2D eigenvalue weighted by molar-refractivity contribution is 6.00. The van der Waals surface area contributed by atoms with Crippen molar-refractivity contribution in [2.24, 2.45) is 5.92 Å². The summed E-state index contributed by atoms with van der Waals surface area (Å²) < 4.78 is 5.94. The van der Waals surface area contributed by atoms with Crippen molar-refractivity contribution < 1.29 is 9.21 Å². The number of halogens is 1. The molecule has 0 spiro atoms. The molecule has 0 bridgehead atoms. The van der Waals surface area contributed by atoms with E-state index in [1.807, 2.05) is 54.6 Å². The molecule has 4 rings (SSSR count). The molecule has 1 saturated heterocycles. The van der Waals surface area contributed by atoms with Gasteiger partial charge < -0.3 is 15.1 Å². The van der Waals surface area contributed by atoms with E-state index in [-0.39, 0.29) is 18.3 Å². The van der Waals surface area contributed by atoms with Crippen LogP contribution >= 0.6 is 12.4 Å². The van der Waals surface area contributed by atoms with E-state index in [4.69, 9.17) is 4.42 Å². The lowest BCUT2D eigenvalue weighted by molar-refractivity contribution is 0.0945. The average molecular weight is 398 g/mol. The summed E-state index contributed by atoms with van der Waals surface area (Å²) in [6.45, 7) is 2.71. The zero-order valence-electron chi connectivity index (χ0n) is 15.6. The van der Waals surface area contributed by atoms with Crippen molar-refractivity contribution in [3.05, 3.63) is 66.4 Å². The zero-order valence-corrected chi connectivity index (χ0v) is 16.4. The van der Waals surface area contributed by atoms with Gasteiger partial charge in [0.25, 0.3) is 5.91 Å². The Bertz CT molecular complexity index is 905. The number of piperidine rings is 1. The van der Waals surface area contributed by atoms with Crippen LogP contribution in [0.4, 0.5) is 0 Å². The van der Waals surface area contributed by atoms with Crippen LogP contribution in [-0.2, 0) is 0 Å². The molecule has 1 aromatic heterocycles. The van der Waals surface area contributed by atoms with Crippen molar-refractivity contribution in [2.45, 2.75) is 12.8 Å². The van der Waals surface area contributed by atoms with E-state index < -0.39 is 0 Å². The van der Waals surface area contributed by atoms with Gasteiger partial charge >= 0.3 is 0 Å². The van der Waals surface area contributed by atoms with Gasteiger partial charge in [0.2, 0.25) is 5.89 Å². The molecular weight excluding hydrogens is 374 g/mol. The van der Waals surface area contributed by atoms with Gasteiger partial charge in [0, 0.05) is 17.7 Å². The predicted molar refractivity (Wildman–Crippen MR) is 113 cm³/mol. The lowest BCUT2D eigenvalue weighted by atomic mass is 9.99. The topological polar surface area (TPSA) is 67.2 Å². The predicted octanol–water partition coefficient (Wildman–Crippen LogP) is 4.16. The van der Waals surface area contributed by atoms with Crippen LogP contribution in [0.3, 0.4) is 0 Å². The van der Waals surface area contributed by atoms with Gasteiger partial charge in [-0.1, -0.05) is 42.5 Å². The normalized spacial score (nSPS) is 16.2. The molecule has 0 aliphatic carbocycles. The molecule has 0 saturated carbocycles. The smallest absolute Gasteiger partial charge is 0.252 e. The Morgan fingerprint density at radius 3 is 2.71 bits per heavy atom. The van der Waals surface area contributed by atoms with Crippen molar-refractivity contribution in [3.8, 4) is 22.8 Å². The van der Waals surface area contributed by atoms with Crippen LogP contribution < -0.4 is 10.6 Å². The van der Waals surface area contributed by atoms with Gasteiger partial charge in [0.15, 0.2) is 5.76 Å². The van der Waals surface area contributed by atoms with Crippen LogP contribution in [0.25, 0.3) is 22.8 Å². The molecule has 1 unspecified atom stereocenters. The summed E-state index contributed by atoms with van der Waals surface area (Å²) in [6, 6.07) is 17.3. The monoisotopic (exact) mass is 397 g/mol. The minimum Gasteiger partial charge on any atom is -0.436 e. The number of carbonyl (C=O) groups excluding carboxylic acids is 1. The van der Waals surface area contributed by atoms with Gasteiger partial charge in [-0.15, -0.1) is 12.4 Å². The van der Waals surface area contributed by atoms with Crippen LogP contribution in [0.1, 0.15) is 23.2 Å². The minimum absolute atomic E-state index is 0. The molecule has 1 aliphatic heterocycles. The highest BCUT2D eigenvalue weighted by atomic mass is 35.5. The number of hydrogen-bond donors (Lipinski definition) is 2. The molecule has 146 valence electrons. The van der Waals surface area contributed by atoms with E-state index in [2.05, 4.69) is 15.6 Å². The van der Waals surface area contributed by atoms with Gasteiger partial charge in [-0.3, -0.25) is 4.79 Å². The summed E-state index contributed by atoms with van der Waals surface area (Å²) in [5.41, 5.74) is 2.25. The lowest BCUT2D eigenvalue weighted by Crippen LogP contribution is -2.38. The maximum absolute atomic E-state index is 12.8. The first-order valence-corrected chi connectivity index (χ1v) is 9.41. The van der Waals surface area contributed by atoms with Crippen LogP contribution in [0.5, 0.6) is 0 Å². The Balaban J connectivity index is 0.00000225. The summed E-state index contributed by atoms with van der Waals surface area (Å²) in [4.78, 5) is 17.2. The number of benzene rings is 2. The van der Waals surface area contributed by atoms with Crippen molar-refractivity contribution in [2.75, 3.05) is 19.6 Å². The van der Waals surface area contributed by atoms with Gasteiger partial charge in [-0.2, -0.15) is 0 Å². The molecule has 0 radical (unpaired) electrons. The Morgan fingerprint density at radius 1 is 1.14 bits per heavy atom. The fraction of sp³-hybridized carbons (Fsp3) is 0.273. The van der Waals surface area contributed by atoms with E-state index in [0.717, 1.165) is 31.5 Å². The number of nitrogens with one attached hydrogen (secondary N) is 2. The van der Waals surface area contributed by atoms with E-state index in [9.17, 15) is 4.79 Å². The third kappa shape index (κ3) is 4.61. The maximum atomic E-state index is 12.8. The van der Waals surface area contributed by atoms with Crippen LogP contribution in [0.15, 0.2) is 65.2 Å². The fourth-order valence-electron chi connectivity index (χ4n) is 3.43. The number of nitrogens with zero attached hydrogens (tertiary/aromatic N) is 1. The van der Waals surface area contributed by atoms with E-state index in [1.165, 1.54) is 0 Å². The SMILES string of the molecule is Cl.O=C(NCC1CCCNC1)c1ccccc1-c1ncc(-c2ccccc2)o1. The molecule has 6 heteroatoms. The number of oxazole rings is 1. The number of aromatic nitrogens is 1. The third-order valence-corrected chi connectivity index (χ3v) is 4.92. The van der Waals surface area contributed by atoms with E-state index in [1.54, 1.807) is 6.20 Å². The summed E-state index contributed by atoms with van der Waals surface area (Å²) in [5, 5.41) is 6.45. The first-order chi connectivity index (χ1) is 13.3. The highest BCUT2D eigenvalue weighted by Crippen LogP contribution is 2.28. The van der Waals surface area contributed by atoms with Gasteiger partial charge in [-0.05, 0) is 44.0 Å². The molecule has 1 amide bonds. The second-order valence-corrected chi connectivity index (χ2v) is 6.86. The molecule has 5 nitrogen and oxygen atoms in total. The molecule has 2 heterocycles. The molecule has 1 aliphatic rings. The quantitative estimate of drug-likeness (QED) is 0.678. The Labute approximate surface area is 171 Å². The molecule has 1 fully saturated rings. The number of carbonyl (C=O) groups is 1. The zero-order chi connectivity index (χ0) is 18.5. The summed E-state index contributed by atoms with van der Waals surface area (Å²) >= 11 is 0. The first-order valence-electron chi connectivity index (χ1n) is 9.41. The molecular formula is C22H24ClN3O2. The second-order valence-electron chi connectivity index (χ2n) is 6.86. The minimum atomic E-state index is -0.0874. The standard InChI is InChI=1S/C22H23N3O2.ClH/c26-21(24-14-16-7-6-12-23-13-16)18-10-4-5-11-19(18)22-25-15-20(27-22)17-8-2-1-3-9-17;/h1-5,8-11,15-16,23H,6-7,12-14H2,(H,24,26);1H. The second kappa shape index (κ2) is 9.53. The number of hydrogen-bond acceptors (Lipinski definition) is 4. The Kier molecular flexibility index (Phi) is 6.85. The third-order valence-electron chi connectivity index (χ3n) is 4.92. The Morgan fingerprint density at radius 2 is 1.93 bits per heavy atom. The average Bonchev–Trinajstić information content (AvgIpc) is 3.23. The number of amides is 1. The molecule has 3 aromatic rings. The molecule has 2 aromatic carbocycles. The van der Waals surface area contributed by atoms with Gasteiger partial charge in [-0.25, -0.2) is 4.98 Å². The van der Waals surface area contributed by atoms with Crippen LogP contribution in [0, 0.1) is 5.92 Å². The summed E-state index contributed by atoms with van der Waals surface area (Å²) in [6.07, 6.45) is 4.01. The van der Waals surface area contributed by atoms with Crippen molar-refractivity contribution in [1.29, 1.82) is 0 Å². The van der Waals surface area contributed by atoms with E-state index >= 15 is 0 Å². The Hall–Kier alpha value is -2.63. The largest absolute Gasteiger partial charge is 0.436 e. The van der Waals surface area contributed by atoms with Gasteiger partial charge in [0.05, 0.1) is 11.8 Å². The highest BCUT2D eigenvalue weighted by Gasteiger charge is 2.19. The summed E-state index contributed by atoms with van der Waals surface area (Å²) in [7, 11) is 0. The van der Waals surface area contributed by atoms with Crippen molar-refractivity contribution in [3.63, 3.8) is 0 Å². The molecule has 2 N–H and O–H groups in total. The summed E-state index contributed by atoms with van der Waals surface area (Å²) in [5.74, 6) is 1.55.